The van der Waals surface area contributed by atoms with Gasteiger partial charge in [0.25, 0.3) is 5.91 Å². The summed E-state index contributed by atoms with van der Waals surface area (Å²) < 4.78 is 5.76. The molecule has 5 heteroatoms. The number of hydrogen-bond acceptors (Lipinski definition) is 3. The predicted octanol–water partition coefficient (Wildman–Crippen LogP) is 2.91. The van der Waals surface area contributed by atoms with Gasteiger partial charge in [0.2, 0.25) is 5.91 Å². The maximum absolute atomic E-state index is 12.8. The first-order chi connectivity index (χ1) is 12.0. The number of rotatable bonds is 5. The van der Waals surface area contributed by atoms with Crippen molar-refractivity contribution in [1.29, 1.82) is 0 Å². The zero-order valence-corrected chi connectivity index (χ0v) is 14.7. The van der Waals surface area contributed by atoms with E-state index in [2.05, 4.69) is 5.32 Å². The molecule has 2 aromatic carbocycles. The summed E-state index contributed by atoms with van der Waals surface area (Å²) in [6.45, 7) is 6.23. The van der Waals surface area contributed by atoms with Gasteiger partial charge in [-0.15, -0.1) is 0 Å². The van der Waals surface area contributed by atoms with Crippen LogP contribution in [0, 0.1) is 13.8 Å². The fourth-order valence-corrected chi connectivity index (χ4v) is 3.14. The lowest BCUT2D eigenvalue weighted by atomic mass is 10.1. The highest BCUT2D eigenvalue weighted by atomic mass is 16.5. The molecule has 0 aromatic heterocycles. The molecule has 2 aromatic rings. The second kappa shape index (κ2) is 6.97. The zero-order chi connectivity index (χ0) is 18.0. The number of fused-ring (bicyclic) bond motifs is 1. The number of nitrogens with zero attached hydrogens (tertiary/aromatic N) is 1. The molecule has 1 atom stereocenters. The summed E-state index contributed by atoms with van der Waals surface area (Å²) in [5.41, 5.74) is 3.90. The Morgan fingerprint density at radius 2 is 1.88 bits per heavy atom. The van der Waals surface area contributed by atoms with Gasteiger partial charge >= 0.3 is 0 Å². The molecular formula is C20H22N2O3. The van der Waals surface area contributed by atoms with Crippen LogP contribution in [-0.4, -0.2) is 25.0 Å². The molecule has 2 amide bonds. The number of hydrogen-bond donors (Lipinski definition) is 1. The smallest absolute Gasteiger partial charge is 0.254 e. The van der Waals surface area contributed by atoms with Gasteiger partial charge in [0.05, 0.1) is 12.2 Å². The molecule has 0 bridgehead atoms. The Morgan fingerprint density at radius 3 is 2.56 bits per heavy atom. The van der Waals surface area contributed by atoms with Crippen LogP contribution in [0.3, 0.4) is 0 Å². The summed E-state index contributed by atoms with van der Waals surface area (Å²) >= 11 is 0. The zero-order valence-electron chi connectivity index (χ0n) is 14.7. The quantitative estimate of drug-likeness (QED) is 0.912. The highest BCUT2D eigenvalue weighted by molar-refractivity contribution is 6.06. The molecule has 1 aliphatic rings. The molecule has 3 rings (SSSR count). The van der Waals surface area contributed by atoms with Gasteiger partial charge in [-0.2, -0.15) is 0 Å². The number of para-hydroxylation sites is 1. The van der Waals surface area contributed by atoms with E-state index in [1.165, 1.54) is 12.5 Å². The number of nitrogens with one attached hydrogen (secondary N) is 1. The highest BCUT2D eigenvalue weighted by Gasteiger charge is 2.38. The van der Waals surface area contributed by atoms with Crippen LogP contribution in [0.15, 0.2) is 42.5 Å². The van der Waals surface area contributed by atoms with Crippen molar-refractivity contribution in [3.05, 3.63) is 59.2 Å². The Balaban J connectivity index is 1.76. The summed E-state index contributed by atoms with van der Waals surface area (Å²) in [7, 11) is 0. The monoisotopic (exact) mass is 338 g/mol. The van der Waals surface area contributed by atoms with Gasteiger partial charge in [0, 0.05) is 12.5 Å². The fourth-order valence-electron chi connectivity index (χ4n) is 3.14. The van der Waals surface area contributed by atoms with E-state index in [1.54, 1.807) is 4.90 Å². The molecule has 5 nitrogen and oxygen atoms in total. The minimum absolute atomic E-state index is 0.119. The van der Waals surface area contributed by atoms with E-state index >= 15 is 0 Å². The van der Waals surface area contributed by atoms with E-state index in [4.69, 9.17) is 4.74 Å². The van der Waals surface area contributed by atoms with Crippen molar-refractivity contribution in [1.82, 2.24) is 5.32 Å². The molecule has 0 saturated heterocycles. The van der Waals surface area contributed by atoms with Crippen molar-refractivity contribution in [2.75, 3.05) is 18.1 Å². The molecule has 0 fully saturated rings. The van der Waals surface area contributed by atoms with Crippen LogP contribution < -0.4 is 15.0 Å². The van der Waals surface area contributed by atoms with Gasteiger partial charge in [-0.25, -0.2) is 0 Å². The summed E-state index contributed by atoms with van der Waals surface area (Å²) in [5, 5.41) is 2.75. The topological polar surface area (TPSA) is 58.6 Å². The van der Waals surface area contributed by atoms with Gasteiger partial charge in [-0.05, 0) is 31.5 Å². The largest absolute Gasteiger partial charge is 0.492 e. The second-order valence-electron chi connectivity index (χ2n) is 6.30. The second-order valence-corrected chi connectivity index (χ2v) is 6.30. The fraction of sp³-hybridized carbons (Fsp3) is 0.300. The number of carbonyl (C=O) groups excluding carboxylic acids is 2. The molecule has 1 heterocycles. The average Bonchev–Trinajstić information content (AvgIpc) is 2.83. The highest BCUT2D eigenvalue weighted by Crippen LogP contribution is 2.38. The molecule has 0 saturated carbocycles. The van der Waals surface area contributed by atoms with Crippen molar-refractivity contribution in [3.63, 3.8) is 0 Å². The number of carbonyl (C=O) groups is 2. The lowest BCUT2D eigenvalue weighted by Gasteiger charge is -2.20. The third-order valence-corrected chi connectivity index (χ3v) is 4.32. The van der Waals surface area contributed by atoms with Crippen LogP contribution in [-0.2, 0) is 9.59 Å². The maximum Gasteiger partial charge on any atom is 0.254 e. The summed E-state index contributed by atoms with van der Waals surface area (Å²) in [5.74, 6) is 0.441. The SMILES string of the molecule is CC(=O)NC1C(=O)N(CCOc2ccc(C)cc2)c2c(C)cccc21. The van der Waals surface area contributed by atoms with E-state index in [0.717, 1.165) is 22.6 Å². The number of aryl methyl sites for hydroxylation is 2. The first-order valence-corrected chi connectivity index (χ1v) is 8.35. The Hall–Kier alpha value is -2.82. The van der Waals surface area contributed by atoms with Gasteiger partial charge in [-0.3, -0.25) is 9.59 Å². The van der Waals surface area contributed by atoms with Crippen LogP contribution in [0.2, 0.25) is 0 Å². The molecule has 1 aliphatic heterocycles. The standard InChI is InChI=1S/C20H22N2O3/c1-13-7-9-16(10-8-13)25-12-11-22-19-14(2)5-4-6-17(19)18(20(22)24)21-15(3)23/h4-10,18H,11-12H2,1-3H3,(H,21,23). The van der Waals surface area contributed by atoms with Crippen molar-refractivity contribution >= 4 is 17.5 Å². The van der Waals surface area contributed by atoms with E-state index in [9.17, 15) is 9.59 Å². The van der Waals surface area contributed by atoms with Crippen LogP contribution in [0.25, 0.3) is 0 Å². The van der Waals surface area contributed by atoms with Crippen molar-refractivity contribution in [3.8, 4) is 5.75 Å². The number of anilines is 1. The Bertz CT molecular complexity index is 799. The van der Waals surface area contributed by atoms with Gasteiger partial charge in [0.1, 0.15) is 18.4 Å². The number of benzene rings is 2. The molecule has 0 radical (unpaired) electrons. The van der Waals surface area contributed by atoms with Crippen molar-refractivity contribution < 1.29 is 14.3 Å². The minimum atomic E-state index is -0.619. The Kier molecular flexibility index (Phi) is 4.74. The third kappa shape index (κ3) is 3.50. The van der Waals surface area contributed by atoms with E-state index in [1.807, 2.05) is 56.3 Å². The van der Waals surface area contributed by atoms with E-state index in [-0.39, 0.29) is 11.8 Å². The molecule has 0 spiro atoms. The molecule has 130 valence electrons. The lowest BCUT2D eigenvalue weighted by molar-refractivity contribution is -0.126. The normalized spacial score (nSPS) is 15.9. The molecule has 25 heavy (non-hydrogen) atoms. The molecule has 0 aliphatic carbocycles. The summed E-state index contributed by atoms with van der Waals surface area (Å²) in [4.78, 5) is 26.0. The van der Waals surface area contributed by atoms with Crippen LogP contribution in [0.1, 0.15) is 29.7 Å². The summed E-state index contributed by atoms with van der Waals surface area (Å²) in [6.07, 6.45) is 0. The maximum atomic E-state index is 12.8. The van der Waals surface area contributed by atoms with Crippen LogP contribution in [0.4, 0.5) is 5.69 Å². The molecular weight excluding hydrogens is 316 g/mol. The Labute approximate surface area is 147 Å². The van der Waals surface area contributed by atoms with Crippen LogP contribution in [0.5, 0.6) is 5.75 Å². The summed E-state index contributed by atoms with van der Waals surface area (Å²) in [6, 6.07) is 13.0. The van der Waals surface area contributed by atoms with Gasteiger partial charge in [-0.1, -0.05) is 35.9 Å². The molecule has 1 unspecified atom stereocenters. The van der Waals surface area contributed by atoms with Crippen molar-refractivity contribution in [2.24, 2.45) is 0 Å². The van der Waals surface area contributed by atoms with E-state index in [0.29, 0.717) is 13.2 Å². The number of ether oxygens (including phenoxy) is 1. The van der Waals surface area contributed by atoms with Crippen molar-refractivity contribution in [2.45, 2.75) is 26.8 Å². The lowest BCUT2D eigenvalue weighted by Crippen LogP contribution is -2.38. The van der Waals surface area contributed by atoms with Gasteiger partial charge < -0.3 is 15.0 Å². The number of amides is 2. The molecule has 1 N–H and O–H groups in total. The third-order valence-electron chi connectivity index (χ3n) is 4.32. The average molecular weight is 338 g/mol. The van der Waals surface area contributed by atoms with Gasteiger partial charge in [0.15, 0.2) is 0 Å². The van der Waals surface area contributed by atoms with E-state index < -0.39 is 6.04 Å². The first-order valence-electron chi connectivity index (χ1n) is 8.35. The minimum Gasteiger partial charge on any atom is -0.492 e. The predicted molar refractivity (Wildman–Crippen MR) is 96.8 cm³/mol. The van der Waals surface area contributed by atoms with Crippen LogP contribution >= 0.6 is 0 Å². The Morgan fingerprint density at radius 1 is 1.16 bits per heavy atom. The first kappa shape index (κ1) is 17.0.